The fourth-order valence-electron chi connectivity index (χ4n) is 2.35. The molecule has 0 unspecified atom stereocenters. The Morgan fingerprint density at radius 1 is 1.07 bits per heavy atom. The smallest absolute Gasteiger partial charge is 0.274 e. The van der Waals surface area contributed by atoms with E-state index in [1.807, 2.05) is 12.1 Å². The molecule has 0 aliphatic carbocycles. The highest BCUT2D eigenvalue weighted by Crippen LogP contribution is 2.17. The van der Waals surface area contributed by atoms with E-state index in [1.165, 1.54) is 6.07 Å². The minimum Gasteiger partial charge on any atom is -0.366 e. The predicted octanol–water partition coefficient (Wildman–Crippen LogP) is 4.58. The SMILES string of the molecule is Cc1nc(NCc2ccc(Cl)cc2)cc(C(=O)Nc2ccc(F)cc2F)n1. The number of aromatic nitrogens is 2. The van der Waals surface area contributed by atoms with Gasteiger partial charge in [-0.05, 0) is 36.8 Å². The Labute approximate surface area is 159 Å². The number of halogens is 3. The van der Waals surface area contributed by atoms with Crippen molar-refractivity contribution in [3.63, 3.8) is 0 Å². The first-order valence-electron chi connectivity index (χ1n) is 8.01. The Kier molecular flexibility index (Phi) is 5.61. The van der Waals surface area contributed by atoms with E-state index in [0.717, 1.165) is 17.7 Å². The number of hydrogen-bond donors (Lipinski definition) is 2. The van der Waals surface area contributed by atoms with Crippen LogP contribution in [0.3, 0.4) is 0 Å². The van der Waals surface area contributed by atoms with Gasteiger partial charge in [-0.15, -0.1) is 0 Å². The van der Waals surface area contributed by atoms with Gasteiger partial charge in [0.25, 0.3) is 5.91 Å². The van der Waals surface area contributed by atoms with Gasteiger partial charge in [-0.3, -0.25) is 4.79 Å². The van der Waals surface area contributed by atoms with Crippen LogP contribution >= 0.6 is 11.6 Å². The summed E-state index contributed by atoms with van der Waals surface area (Å²) in [5.41, 5.74) is 0.910. The molecule has 8 heteroatoms. The molecule has 2 N–H and O–H groups in total. The summed E-state index contributed by atoms with van der Waals surface area (Å²) >= 11 is 5.86. The summed E-state index contributed by atoms with van der Waals surface area (Å²) in [6, 6.07) is 11.7. The van der Waals surface area contributed by atoms with E-state index < -0.39 is 17.5 Å². The van der Waals surface area contributed by atoms with Gasteiger partial charge in [0, 0.05) is 23.7 Å². The maximum Gasteiger partial charge on any atom is 0.274 e. The van der Waals surface area contributed by atoms with Gasteiger partial charge >= 0.3 is 0 Å². The molecular formula is C19H15ClF2N4O. The summed E-state index contributed by atoms with van der Waals surface area (Å²) in [6.07, 6.45) is 0. The molecule has 0 atom stereocenters. The highest BCUT2D eigenvalue weighted by Gasteiger charge is 2.13. The van der Waals surface area contributed by atoms with Gasteiger partial charge < -0.3 is 10.6 Å². The summed E-state index contributed by atoms with van der Waals surface area (Å²) in [4.78, 5) is 20.7. The number of anilines is 2. The number of rotatable bonds is 5. The molecule has 5 nitrogen and oxygen atoms in total. The third-order valence-electron chi connectivity index (χ3n) is 3.64. The molecule has 0 radical (unpaired) electrons. The average Bonchev–Trinajstić information content (AvgIpc) is 2.63. The second kappa shape index (κ2) is 8.09. The summed E-state index contributed by atoms with van der Waals surface area (Å²) in [7, 11) is 0. The van der Waals surface area contributed by atoms with E-state index in [1.54, 1.807) is 19.1 Å². The van der Waals surface area contributed by atoms with Crippen molar-refractivity contribution in [2.75, 3.05) is 10.6 Å². The van der Waals surface area contributed by atoms with Crippen LogP contribution in [0.25, 0.3) is 0 Å². The molecule has 138 valence electrons. The van der Waals surface area contributed by atoms with Crippen LogP contribution in [0.5, 0.6) is 0 Å². The molecule has 3 aromatic rings. The molecule has 27 heavy (non-hydrogen) atoms. The number of nitrogens with one attached hydrogen (secondary N) is 2. The molecule has 2 aromatic carbocycles. The van der Waals surface area contributed by atoms with E-state index in [2.05, 4.69) is 20.6 Å². The Hall–Kier alpha value is -3.06. The summed E-state index contributed by atoms with van der Waals surface area (Å²) in [6.45, 7) is 2.12. The van der Waals surface area contributed by atoms with Crippen LogP contribution in [0.1, 0.15) is 21.9 Å². The molecule has 3 rings (SSSR count). The van der Waals surface area contributed by atoms with Crippen LogP contribution < -0.4 is 10.6 Å². The van der Waals surface area contributed by atoms with Crippen molar-refractivity contribution >= 4 is 29.0 Å². The van der Waals surface area contributed by atoms with Gasteiger partial charge in [-0.25, -0.2) is 18.7 Å². The second-order valence-electron chi connectivity index (χ2n) is 5.74. The molecule has 1 aromatic heterocycles. The lowest BCUT2D eigenvalue weighted by Crippen LogP contribution is -2.16. The van der Waals surface area contributed by atoms with Gasteiger partial charge in [0.2, 0.25) is 0 Å². The minimum atomic E-state index is -0.866. The van der Waals surface area contributed by atoms with Crippen LogP contribution in [0.15, 0.2) is 48.5 Å². The lowest BCUT2D eigenvalue weighted by molar-refractivity contribution is 0.102. The Morgan fingerprint density at radius 3 is 2.52 bits per heavy atom. The number of carbonyl (C=O) groups excluding carboxylic acids is 1. The molecule has 1 heterocycles. The highest BCUT2D eigenvalue weighted by molar-refractivity contribution is 6.30. The van der Waals surface area contributed by atoms with E-state index in [0.29, 0.717) is 29.3 Å². The lowest BCUT2D eigenvalue weighted by Gasteiger charge is -2.10. The van der Waals surface area contributed by atoms with Gasteiger partial charge in [0.15, 0.2) is 0 Å². The molecule has 0 bridgehead atoms. The fraction of sp³-hybridized carbons (Fsp3) is 0.105. The predicted molar refractivity (Wildman–Crippen MR) is 99.9 cm³/mol. The van der Waals surface area contributed by atoms with Crippen LogP contribution in [0, 0.1) is 18.6 Å². The first-order valence-corrected chi connectivity index (χ1v) is 8.39. The maximum atomic E-state index is 13.7. The van der Waals surface area contributed by atoms with E-state index in [9.17, 15) is 13.6 Å². The van der Waals surface area contributed by atoms with Crippen molar-refractivity contribution in [2.24, 2.45) is 0 Å². The monoisotopic (exact) mass is 388 g/mol. The summed E-state index contributed by atoms with van der Waals surface area (Å²) in [5.74, 6) is -1.39. The van der Waals surface area contributed by atoms with Crippen molar-refractivity contribution in [2.45, 2.75) is 13.5 Å². The highest BCUT2D eigenvalue weighted by atomic mass is 35.5. The first-order chi connectivity index (χ1) is 12.9. The maximum absolute atomic E-state index is 13.7. The zero-order valence-corrected chi connectivity index (χ0v) is 15.0. The summed E-state index contributed by atoms with van der Waals surface area (Å²) < 4.78 is 26.7. The number of aryl methyl sites for hydroxylation is 1. The molecule has 0 fully saturated rings. The summed E-state index contributed by atoms with van der Waals surface area (Å²) in [5, 5.41) is 6.12. The van der Waals surface area contributed by atoms with E-state index >= 15 is 0 Å². The van der Waals surface area contributed by atoms with Gasteiger partial charge in [-0.2, -0.15) is 0 Å². The quantitative estimate of drug-likeness (QED) is 0.671. The Morgan fingerprint density at radius 2 is 1.81 bits per heavy atom. The number of carbonyl (C=O) groups is 1. The molecule has 0 aliphatic rings. The minimum absolute atomic E-state index is 0.0600. The fourth-order valence-corrected chi connectivity index (χ4v) is 2.47. The largest absolute Gasteiger partial charge is 0.366 e. The molecule has 0 saturated carbocycles. The van der Waals surface area contributed by atoms with Crippen molar-refractivity contribution in [3.05, 3.63) is 82.3 Å². The van der Waals surface area contributed by atoms with Crippen LogP contribution in [-0.2, 0) is 6.54 Å². The van der Waals surface area contributed by atoms with Crippen LogP contribution in [0.2, 0.25) is 5.02 Å². The Bertz CT molecular complexity index is 980. The average molecular weight is 389 g/mol. The third kappa shape index (κ3) is 4.98. The standard InChI is InChI=1S/C19H15ClF2N4O/c1-11-24-17(19(27)26-16-7-6-14(21)8-15(16)22)9-18(25-11)23-10-12-2-4-13(20)5-3-12/h2-9H,10H2,1H3,(H,26,27)(H,23,24,25). The zero-order chi connectivity index (χ0) is 19.4. The molecule has 0 spiro atoms. The van der Waals surface area contributed by atoms with Gasteiger partial charge in [-0.1, -0.05) is 23.7 Å². The van der Waals surface area contributed by atoms with Crippen molar-refractivity contribution in [1.82, 2.24) is 9.97 Å². The van der Waals surface area contributed by atoms with E-state index in [-0.39, 0.29) is 11.4 Å². The number of nitrogens with zero attached hydrogens (tertiary/aromatic N) is 2. The molecule has 0 aliphatic heterocycles. The Balaban J connectivity index is 1.73. The van der Waals surface area contributed by atoms with Crippen molar-refractivity contribution in [1.29, 1.82) is 0 Å². The van der Waals surface area contributed by atoms with Crippen molar-refractivity contribution in [3.8, 4) is 0 Å². The molecule has 1 amide bonds. The number of hydrogen-bond acceptors (Lipinski definition) is 4. The normalized spacial score (nSPS) is 10.5. The zero-order valence-electron chi connectivity index (χ0n) is 14.3. The molecular weight excluding hydrogens is 374 g/mol. The van der Waals surface area contributed by atoms with E-state index in [4.69, 9.17) is 11.6 Å². The van der Waals surface area contributed by atoms with Crippen molar-refractivity contribution < 1.29 is 13.6 Å². The second-order valence-corrected chi connectivity index (χ2v) is 6.18. The van der Waals surface area contributed by atoms with Crippen LogP contribution in [0.4, 0.5) is 20.3 Å². The van der Waals surface area contributed by atoms with Gasteiger partial charge in [0.05, 0.1) is 5.69 Å². The third-order valence-corrected chi connectivity index (χ3v) is 3.89. The molecule has 0 saturated heterocycles. The topological polar surface area (TPSA) is 66.9 Å². The first kappa shape index (κ1) is 18.7. The van der Waals surface area contributed by atoms with Crippen LogP contribution in [-0.4, -0.2) is 15.9 Å². The van der Waals surface area contributed by atoms with Gasteiger partial charge in [0.1, 0.15) is 29.0 Å². The lowest BCUT2D eigenvalue weighted by atomic mass is 10.2. The number of benzene rings is 2. The number of amides is 1.